The first-order chi connectivity index (χ1) is 14.8. The minimum Gasteiger partial charge on any atom is -0.355 e. The fourth-order valence-electron chi connectivity index (χ4n) is 4.10. The number of halogens is 3. The van der Waals surface area contributed by atoms with E-state index in [2.05, 4.69) is 4.98 Å². The van der Waals surface area contributed by atoms with Crippen molar-refractivity contribution < 1.29 is 22.8 Å². The Kier molecular flexibility index (Phi) is 5.84. The van der Waals surface area contributed by atoms with Gasteiger partial charge in [-0.1, -0.05) is 18.2 Å². The van der Waals surface area contributed by atoms with E-state index in [0.29, 0.717) is 45.0 Å². The number of pyridine rings is 1. The number of hydrogen-bond acceptors (Lipinski definition) is 4. The van der Waals surface area contributed by atoms with Crippen LogP contribution < -0.4 is 9.80 Å². The van der Waals surface area contributed by atoms with Crippen LogP contribution >= 0.6 is 0 Å². The zero-order valence-corrected chi connectivity index (χ0v) is 16.9. The Morgan fingerprint density at radius 1 is 1.00 bits per heavy atom. The van der Waals surface area contributed by atoms with E-state index in [1.807, 2.05) is 35.2 Å². The molecular weight excluding hydrogens is 409 g/mol. The van der Waals surface area contributed by atoms with Gasteiger partial charge in [0.2, 0.25) is 11.8 Å². The predicted molar refractivity (Wildman–Crippen MR) is 110 cm³/mol. The van der Waals surface area contributed by atoms with Gasteiger partial charge in [0.25, 0.3) is 0 Å². The highest BCUT2D eigenvalue weighted by Gasteiger charge is 2.37. The highest BCUT2D eigenvalue weighted by atomic mass is 19.4. The van der Waals surface area contributed by atoms with Crippen LogP contribution in [0.3, 0.4) is 0 Å². The Balaban J connectivity index is 1.37. The van der Waals surface area contributed by atoms with Crippen LogP contribution in [-0.2, 0) is 15.8 Å². The molecule has 2 aliphatic heterocycles. The van der Waals surface area contributed by atoms with E-state index in [9.17, 15) is 22.8 Å². The molecule has 3 heterocycles. The molecule has 2 aliphatic rings. The largest absolute Gasteiger partial charge is 0.417 e. The van der Waals surface area contributed by atoms with E-state index < -0.39 is 11.7 Å². The van der Waals surface area contributed by atoms with Crippen LogP contribution in [0.4, 0.5) is 24.7 Å². The van der Waals surface area contributed by atoms with Crippen molar-refractivity contribution in [1.29, 1.82) is 0 Å². The van der Waals surface area contributed by atoms with Crippen molar-refractivity contribution in [3.63, 3.8) is 0 Å². The summed E-state index contributed by atoms with van der Waals surface area (Å²) in [5.74, 6) is -0.0268. The Bertz CT molecular complexity index is 934. The van der Waals surface area contributed by atoms with Crippen LogP contribution in [0.25, 0.3) is 0 Å². The average Bonchev–Trinajstić information content (AvgIpc) is 2.99. The molecule has 0 N–H and O–H groups in total. The van der Waals surface area contributed by atoms with E-state index in [-0.39, 0.29) is 24.2 Å². The number of carbonyl (C=O) groups excluding carboxylic acids is 2. The van der Waals surface area contributed by atoms with Gasteiger partial charge < -0.3 is 14.7 Å². The molecule has 0 bridgehead atoms. The number of nitrogens with zero attached hydrogens (tertiary/aromatic N) is 4. The molecule has 9 heteroatoms. The Labute approximate surface area is 178 Å². The topological polar surface area (TPSA) is 56.8 Å². The minimum atomic E-state index is -4.42. The molecule has 1 aromatic carbocycles. The zero-order chi connectivity index (χ0) is 22.0. The number of carbonyl (C=O) groups is 2. The minimum absolute atomic E-state index is 0.0472. The first kappa shape index (κ1) is 21.1. The van der Waals surface area contributed by atoms with Crippen molar-refractivity contribution in [3.8, 4) is 0 Å². The van der Waals surface area contributed by atoms with Gasteiger partial charge in [-0.05, 0) is 30.7 Å². The number of anilines is 2. The zero-order valence-electron chi connectivity index (χ0n) is 16.9. The smallest absolute Gasteiger partial charge is 0.355 e. The van der Waals surface area contributed by atoms with E-state index in [0.717, 1.165) is 18.0 Å². The van der Waals surface area contributed by atoms with Crippen LogP contribution in [-0.4, -0.2) is 54.4 Å². The van der Waals surface area contributed by atoms with Crippen molar-refractivity contribution in [2.75, 3.05) is 42.5 Å². The van der Waals surface area contributed by atoms with Crippen LogP contribution in [0, 0.1) is 5.92 Å². The third kappa shape index (κ3) is 4.65. The van der Waals surface area contributed by atoms with E-state index in [1.165, 1.54) is 6.07 Å². The van der Waals surface area contributed by atoms with Gasteiger partial charge in [0.1, 0.15) is 5.82 Å². The van der Waals surface area contributed by atoms with Crippen LogP contribution in [0.2, 0.25) is 0 Å². The molecule has 31 heavy (non-hydrogen) atoms. The molecule has 164 valence electrons. The summed E-state index contributed by atoms with van der Waals surface area (Å²) in [6.07, 6.45) is -2.71. The summed E-state index contributed by atoms with van der Waals surface area (Å²) in [5.41, 5.74) is 0.00923. The molecule has 1 aromatic heterocycles. The number of rotatable bonds is 3. The fraction of sp³-hybridized carbons (Fsp3) is 0.409. The van der Waals surface area contributed by atoms with Gasteiger partial charge in [0.15, 0.2) is 0 Å². The van der Waals surface area contributed by atoms with Gasteiger partial charge in [-0.3, -0.25) is 9.59 Å². The Morgan fingerprint density at radius 3 is 2.45 bits per heavy atom. The number of amides is 2. The van der Waals surface area contributed by atoms with Gasteiger partial charge >= 0.3 is 6.18 Å². The first-order valence-electron chi connectivity index (χ1n) is 10.3. The SMILES string of the molecule is O=C(C1CC(=O)N(c2ccccc2)C1)N1CCCN(c2ccc(C(F)(F)F)cn2)CC1. The highest BCUT2D eigenvalue weighted by Crippen LogP contribution is 2.30. The highest BCUT2D eigenvalue weighted by molar-refractivity contribution is 6.00. The predicted octanol–water partition coefficient (Wildman–Crippen LogP) is 3.19. The molecule has 0 aliphatic carbocycles. The maximum Gasteiger partial charge on any atom is 0.417 e. The fourth-order valence-corrected chi connectivity index (χ4v) is 4.10. The standard InChI is InChI=1S/C22H23F3N4O2/c23-22(24,25)17-7-8-19(26-14-17)27-9-4-10-28(12-11-27)21(31)16-13-20(30)29(15-16)18-5-2-1-3-6-18/h1-3,5-8,14,16H,4,9-13,15H2. The second-order valence-corrected chi connectivity index (χ2v) is 7.81. The maximum absolute atomic E-state index is 13.1. The molecule has 2 amide bonds. The summed E-state index contributed by atoms with van der Waals surface area (Å²) in [5, 5.41) is 0. The van der Waals surface area contributed by atoms with Crippen molar-refractivity contribution in [1.82, 2.24) is 9.88 Å². The van der Waals surface area contributed by atoms with Crippen LogP contribution in [0.5, 0.6) is 0 Å². The number of hydrogen-bond donors (Lipinski definition) is 0. The number of benzene rings is 1. The van der Waals surface area contributed by atoms with Crippen molar-refractivity contribution in [3.05, 3.63) is 54.2 Å². The first-order valence-corrected chi connectivity index (χ1v) is 10.3. The van der Waals surface area contributed by atoms with E-state index in [1.54, 1.807) is 9.80 Å². The van der Waals surface area contributed by atoms with Gasteiger partial charge in [-0.15, -0.1) is 0 Å². The summed E-state index contributed by atoms with van der Waals surface area (Å²) >= 11 is 0. The lowest BCUT2D eigenvalue weighted by Gasteiger charge is -2.25. The van der Waals surface area contributed by atoms with E-state index in [4.69, 9.17) is 0 Å². The van der Waals surface area contributed by atoms with Gasteiger partial charge in [-0.2, -0.15) is 13.2 Å². The third-order valence-corrected chi connectivity index (χ3v) is 5.75. The molecule has 1 atom stereocenters. The van der Waals surface area contributed by atoms with Crippen molar-refractivity contribution in [2.24, 2.45) is 5.92 Å². The molecule has 2 saturated heterocycles. The lowest BCUT2D eigenvalue weighted by Crippen LogP contribution is -2.40. The molecule has 2 fully saturated rings. The summed E-state index contributed by atoms with van der Waals surface area (Å²) < 4.78 is 38.3. The second kappa shape index (κ2) is 8.56. The monoisotopic (exact) mass is 432 g/mol. The Morgan fingerprint density at radius 2 is 1.77 bits per heavy atom. The molecule has 1 unspecified atom stereocenters. The van der Waals surface area contributed by atoms with Crippen molar-refractivity contribution >= 4 is 23.3 Å². The summed E-state index contributed by atoms with van der Waals surface area (Å²) in [4.78, 5) is 34.8. The number of para-hydroxylation sites is 1. The normalized spacial score (nSPS) is 20.2. The quantitative estimate of drug-likeness (QED) is 0.748. The summed E-state index contributed by atoms with van der Waals surface area (Å²) in [6.45, 7) is 2.43. The molecular formula is C22H23F3N4O2. The maximum atomic E-state index is 13.1. The lowest BCUT2D eigenvalue weighted by molar-refractivity contribution is -0.138. The van der Waals surface area contributed by atoms with Gasteiger partial charge in [0.05, 0.1) is 11.5 Å². The van der Waals surface area contributed by atoms with Gasteiger partial charge in [0, 0.05) is 51.0 Å². The molecule has 6 nitrogen and oxygen atoms in total. The van der Waals surface area contributed by atoms with Crippen molar-refractivity contribution in [2.45, 2.75) is 19.0 Å². The van der Waals surface area contributed by atoms with Gasteiger partial charge in [-0.25, -0.2) is 4.98 Å². The van der Waals surface area contributed by atoms with E-state index >= 15 is 0 Å². The molecule has 0 radical (unpaired) electrons. The summed E-state index contributed by atoms with van der Waals surface area (Å²) in [6, 6.07) is 11.7. The van der Waals surface area contributed by atoms with Crippen LogP contribution in [0.1, 0.15) is 18.4 Å². The summed E-state index contributed by atoms with van der Waals surface area (Å²) in [7, 11) is 0. The van der Waals surface area contributed by atoms with Crippen LogP contribution in [0.15, 0.2) is 48.7 Å². The molecule has 0 spiro atoms. The molecule has 2 aromatic rings. The second-order valence-electron chi connectivity index (χ2n) is 7.81. The third-order valence-electron chi connectivity index (χ3n) is 5.75. The molecule has 4 rings (SSSR count). The molecule has 0 saturated carbocycles. The number of aromatic nitrogens is 1. The number of alkyl halides is 3. The Hall–Kier alpha value is -3.10. The average molecular weight is 432 g/mol. The lowest BCUT2D eigenvalue weighted by atomic mass is 10.1.